The number of fused-ring (bicyclic) bond motifs is 4. The van der Waals surface area contributed by atoms with Gasteiger partial charge in [-0.1, -0.05) is 27.7 Å². The van der Waals surface area contributed by atoms with Crippen LogP contribution in [0.5, 0.6) is 0 Å². The first-order valence-electron chi connectivity index (χ1n) is 17.5. The molecule has 0 amide bonds. The molecule has 2 saturated carbocycles. The van der Waals surface area contributed by atoms with Crippen molar-refractivity contribution in [1.29, 1.82) is 0 Å². The number of hydrogen-bond donors (Lipinski definition) is 1. The molecule has 43 heavy (non-hydrogen) atoms. The van der Waals surface area contributed by atoms with E-state index in [1.165, 1.54) is 12.8 Å². The fourth-order valence-corrected chi connectivity index (χ4v) is 11.7. The zero-order valence-corrected chi connectivity index (χ0v) is 27.9. The van der Waals surface area contributed by atoms with Crippen molar-refractivity contribution in [1.82, 2.24) is 0 Å². The van der Waals surface area contributed by atoms with Crippen LogP contribution in [0.25, 0.3) is 0 Å². The molecular formula is C34H54O8S. The van der Waals surface area contributed by atoms with Crippen molar-refractivity contribution in [3.05, 3.63) is 0 Å². The highest BCUT2D eigenvalue weighted by molar-refractivity contribution is 7.80. The van der Waals surface area contributed by atoms with E-state index in [9.17, 15) is 0 Å². The smallest absolute Gasteiger partial charge is 0.201 e. The zero-order chi connectivity index (χ0) is 29.9. The van der Waals surface area contributed by atoms with E-state index in [0.717, 1.165) is 57.1 Å². The van der Waals surface area contributed by atoms with E-state index >= 15 is 0 Å². The lowest BCUT2D eigenvalue weighted by Gasteiger charge is -2.61. The van der Waals surface area contributed by atoms with Crippen LogP contribution in [0.1, 0.15) is 106 Å². The summed E-state index contributed by atoms with van der Waals surface area (Å²) < 4.78 is 27.2. The lowest BCUT2D eigenvalue weighted by atomic mass is 9.56. The zero-order valence-electron chi connectivity index (χ0n) is 27.0. The van der Waals surface area contributed by atoms with Gasteiger partial charge in [-0.05, 0) is 112 Å². The molecular weight excluding hydrogens is 568 g/mol. The summed E-state index contributed by atoms with van der Waals surface area (Å²) in [7, 11) is 0. The molecule has 10 aliphatic rings. The van der Waals surface area contributed by atoms with Gasteiger partial charge in [-0.2, -0.15) is 12.6 Å². The van der Waals surface area contributed by atoms with Crippen LogP contribution in [0.3, 0.4) is 0 Å². The van der Waals surface area contributed by atoms with Gasteiger partial charge in [0, 0.05) is 24.7 Å². The van der Waals surface area contributed by atoms with Gasteiger partial charge in [-0.3, -0.25) is 0 Å². The molecule has 244 valence electrons. The van der Waals surface area contributed by atoms with Crippen molar-refractivity contribution in [2.75, 3.05) is 5.75 Å². The fraction of sp³-hybridized carbons (Fsp3) is 1.00. The predicted octanol–water partition coefficient (Wildman–Crippen LogP) is 6.81. The van der Waals surface area contributed by atoms with Crippen LogP contribution in [0.15, 0.2) is 0 Å². The third-order valence-electron chi connectivity index (χ3n) is 14.0. The molecule has 0 aromatic rings. The van der Waals surface area contributed by atoms with E-state index in [1.807, 2.05) is 13.8 Å². The fourth-order valence-electron chi connectivity index (χ4n) is 11.4. The van der Waals surface area contributed by atoms with Gasteiger partial charge in [-0.15, -0.1) is 0 Å². The van der Waals surface area contributed by atoms with Crippen LogP contribution in [0, 0.1) is 53.3 Å². The quantitative estimate of drug-likeness (QED) is 0.265. The molecule has 2 spiro atoms. The van der Waals surface area contributed by atoms with Gasteiger partial charge in [0.15, 0.2) is 23.8 Å². The Hall–Kier alpha value is 0.0300. The summed E-state index contributed by atoms with van der Waals surface area (Å²) in [5.41, 5.74) is -1.03. The van der Waals surface area contributed by atoms with Crippen molar-refractivity contribution in [2.45, 2.75) is 153 Å². The van der Waals surface area contributed by atoms with Crippen LogP contribution in [-0.4, -0.2) is 53.3 Å². The van der Waals surface area contributed by atoms with E-state index in [4.69, 9.17) is 51.1 Å². The van der Waals surface area contributed by atoms with E-state index in [-0.39, 0.29) is 12.2 Å². The highest BCUT2D eigenvalue weighted by atomic mass is 32.1. The van der Waals surface area contributed by atoms with Crippen molar-refractivity contribution < 1.29 is 38.5 Å². The molecule has 4 bridgehead atoms. The molecule has 17 atom stereocenters. The second-order valence-electron chi connectivity index (χ2n) is 16.4. The molecule has 10 rings (SSSR count). The first-order valence-corrected chi connectivity index (χ1v) is 18.2. The van der Waals surface area contributed by atoms with E-state index in [1.54, 1.807) is 0 Å². The Morgan fingerprint density at radius 1 is 0.605 bits per heavy atom. The molecule has 8 aliphatic heterocycles. The second-order valence-corrected chi connectivity index (χ2v) is 16.8. The Kier molecular flexibility index (Phi) is 7.43. The number of thiol groups is 1. The average molecular weight is 623 g/mol. The first kappa shape index (κ1) is 30.4. The van der Waals surface area contributed by atoms with Gasteiger partial charge in [0.05, 0.1) is 12.2 Å². The molecule has 2 aliphatic carbocycles. The van der Waals surface area contributed by atoms with Gasteiger partial charge >= 0.3 is 0 Å². The lowest BCUT2D eigenvalue weighted by molar-refractivity contribution is -0.571. The Labute approximate surface area is 263 Å². The molecule has 9 unspecified atom stereocenters. The monoisotopic (exact) mass is 622 g/mol. The maximum Gasteiger partial charge on any atom is 0.201 e. The van der Waals surface area contributed by atoms with Crippen LogP contribution in [0.4, 0.5) is 0 Å². The third-order valence-corrected chi connectivity index (χ3v) is 14.5. The van der Waals surface area contributed by atoms with Gasteiger partial charge < -0.3 is 18.9 Å². The van der Waals surface area contributed by atoms with Crippen LogP contribution in [-0.2, 0) is 38.5 Å². The summed E-state index contributed by atoms with van der Waals surface area (Å²) in [6.45, 7) is 13.5. The second kappa shape index (κ2) is 10.5. The number of ether oxygens (including phenoxy) is 4. The lowest BCUT2D eigenvalue weighted by Crippen LogP contribution is -2.70. The standard InChI is InChI=1S/C34H54O8S/c1-18-7-9-25-20(3)27(35-29-33(25)23(18)11-13-31(5,37-29)39-41-33)15-22(17-43)16-28-21(4)26-10-8-19(2)24-12-14-32(6)38-30(36-28)34(24,26)42-40-32/h18-30,43H,7-17H2,1-6H3/t18-,19?,20-,21-,22?,23?,24+,25?,26?,27?,28?,29-,30-,31+,32+,33?,34?/m1/s1. The van der Waals surface area contributed by atoms with E-state index in [0.29, 0.717) is 53.3 Å². The molecule has 0 radical (unpaired) electrons. The summed E-state index contributed by atoms with van der Waals surface area (Å²) in [6, 6.07) is 0. The summed E-state index contributed by atoms with van der Waals surface area (Å²) in [6.07, 6.45) is 9.69. The first-order chi connectivity index (χ1) is 20.5. The molecule has 0 aromatic heterocycles. The number of hydrogen-bond acceptors (Lipinski definition) is 9. The Bertz CT molecular complexity index is 999. The topological polar surface area (TPSA) is 73.8 Å². The Morgan fingerprint density at radius 2 is 1.05 bits per heavy atom. The highest BCUT2D eigenvalue weighted by Gasteiger charge is 2.71. The molecule has 8 heterocycles. The molecule has 0 aromatic carbocycles. The van der Waals surface area contributed by atoms with Crippen LogP contribution < -0.4 is 0 Å². The largest absolute Gasteiger partial charge is 0.346 e. The average Bonchev–Trinajstić information content (AvgIpc) is 3.35. The maximum atomic E-state index is 6.97. The molecule has 9 heteroatoms. The van der Waals surface area contributed by atoms with E-state index in [2.05, 4.69) is 27.7 Å². The summed E-state index contributed by atoms with van der Waals surface area (Å²) in [5, 5.41) is 0. The summed E-state index contributed by atoms with van der Waals surface area (Å²) >= 11 is 4.91. The minimum absolute atomic E-state index is 0.0734. The summed E-state index contributed by atoms with van der Waals surface area (Å²) in [4.78, 5) is 24.9. The maximum absolute atomic E-state index is 6.97. The summed E-state index contributed by atoms with van der Waals surface area (Å²) in [5.74, 6) is 2.91. The molecule has 10 fully saturated rings. The van der Waals surface area contributed by atoms with Crippen LogP contribution in [0.2, 0.25) is 0 Å². The minimum atomic E-state index is -0.747. The predicted molar refractivity (Wildman–Crippen MR) is 160 cm³/mol. The van der Waals surface area contributed by atoms with Crippen molar-refractivity contribution in [3.63, 3.8) is 0 Å². The third kappa shape index (κ3) is 4.38. The highest BCUT2D eigenvalue weighted by Crippen LogP contribution is 2.63. The SMILES string of the molecule is CC1CCC2[C@@H](C)C(CC(CS)CC3O[C@@H]4O[C@]5(C)CCC6[C@H](C)CCC([C@H]3C)C64OO5)O[C@@H]3O[C@]4(C)CC[C@@H]1C23OO4. The van der Waals surface area contributed by atoms with Gasteiger partial charge in [0.25, 0.3) is 0 Å². The molecule has 8 saturated heterocycles. The normalized spacial score (nSPS) is 59.5. The molecule has 0 N–H and O–H groups in total. The van der Waals surface area contributed by atoms with Crippen molar-refractivity contribution >= 4 is 12.6 Å². The minimum Gasteiger partial charge on any atom is -0.346 e. The Balaban J connectivity index is 1.02. The van der Waals surface area contributed by atoms with Gasteiger partial charge in [-0.25, -0.2) is 19.6 Å². The van der Waals surface area contributed by atoms with Crippen LogP contribution >= 0.6 is 12.6 Å². The number of rotatable bonds is 5. The van der Waals surface area contributed by atoms with E-state index < -0.39 is 35.4 Å². The van der Waals surface area contributed by atoms with Crippen molar-refractivity contribution in [2.24, 2.45) is 53.3 Å². The van der Waals surface area contributed by atoms with Gasteiger partial charge in [0.2, 0.25) is 11.6 Å². The van der Waals surface area contributed by atoms with Gasteiger partial charge in [0.1, 0.15) is 0 Å². The Morgan fingerprint density at radius 3 is 1.47 bits per heavy atom. The van der Waals surface area contributed by atoms with Crippen molar-refractivity contribution in [3.8, 4) is 0 Å². The molecule has 8 nitrogen and oxygen atoms in total.